The standard InChI is InChI=1S/C12H10N6O3/c19-11(9-10(12(20)21)15-6-14-9)13-5-8-17-16-7-3-1-2-4-18(7)8/h1-4,6H,5H2,(H,13,19)(H,14,15)(H,20,21). The Labute approximate surface area is 117 Å². The van der Waals surface area contributed by atoms with E-state index in [0.29, 0.717) is 11.5 Å². The second-order valence-electron chi connectivity index (χ2n) is 4.16. The summed E-state index contributed by atoms with van der Waals surface area (Å²) in [6.45, 7) is 0.107. The summed E-state index contributed by atoms with van der Waals surface area (Å²) in [5, 5.41) is 19.4. The molecule has 0 aliphatic heterocycles. The number of H-pyrrole nitrogens is 1. The minimum Gasteiger partial charge on any atom is -0.477 e. The van der Waals surface area contributed by atoms with Gasteiger partial charge in [-0.2, -0.15) is 0 Å². The molecule has 0 saturated heterocycles. The number of rotatable bonds is 4. The lowest BCUT2D eigenvalue weighted by Gasteiger charge is -2.02. The number of aromatic nitrogens is 5. The first-order valence-corrected chi connectivity index (χ1v) is 6.00. The molecule has 9 heteroatoms. The van der Waals surface area contributed by atoms with E-state index >= 15 is 0 Å². The number of carboxylic acids is 1. The van der Waals surface area contributed by atoms with Gasteiger partial charge in [-0.15, -0.1) is 10.2 Å². The summed E-state index contributed by atoms with van der Waals surface area (Å²) in [7, 11) is 0. The Morgan fingerprint density at radius 2 is 2.19 bits per heavy atom. The summed E-state index contributed by atoms with van der Waals surface area (Å²) in [5.74, 6) is -1.31. The van der Waals surface area contributed by atoms with Crippen molar-refractivity contribution in [2.75, 3.05) is 0 Å². The van der Waals surface area contributed by atoms with Gasteiger partial charge in [-0.05, 0) is 12.1 Å². The number of aromatic carboxylic acids is 1. The third kappa shape index (κ3) is 2.31. The molecular formula is C12H10N6O3. The van der Waals surface area contributed by atoms with Crippen molar-refractivity contribution < 1.29 is 14.7 Å². The number of fused-ring (bicyclic) bond motifs is 1. The molecule has 21 heavy (non-hydrogen) atoms. The highest BCUT2D eigenvalue weighted by molar-refractivity contribution is 6.02. The molecule has 3 aromatic heterocycles. The Kier molecular flexibility index (Phi) is 3.07. The summed E-state index contributed by atoms with van der Waals surface area (Å²) in [4.78, 5) is 29.0. The van der Waals surface area contributed by atoms with Gasteiger partial charge in [0.2, 0.25) is 0 Å². The lowest BCUT2D eigenvalue weighted by Crippen LogP contribution is -2.26. The Morgan fingerprint density at radius 1 is 1.33 bits per heavy atom. The predicted octanol–water partition coefficient (Wildman–Crippen LogP) is 0.0806. The second-order valence-corrected chi connectivity index (χ2v) is 4.16. The molecule has 0 bridgehead atoms. The Morgan fingerprint density at radius 3 is 3.00 bits per heavy atom. The number of aromatic amines is 1. The zero-order valence-corrected chi connectivity index (χ0v) is 10.6. The predicted molar refractivity (Wildman–Crippen MR) is 69.7 cm³/mol. The van der Waals surface area contributed by atoms with Crippen molar-refractivity contribution in [3.8, 4) is 0 Å². The van der Waals surface area contributed by atoms with Crippen LogP contribution in [0.15, 0.2) is 30.7 Å². The molecule has 3 rings (SSSR count). The summed E-state index contributed by atoms with van der Waals surface area (Å²) in [6, 6.07) is 5.43. The third-order valence-electron chi connectivity index (χ3n) is 2.86. The van der Waals surface area contributed by atoms with Crippen LogP contribution < -0.4 is 5.32 Å². The molecule has 1 amide bonds. The maximum atomic E-state index is 11.9. The molecule has 0 spiro atoms. The zero-order valence-electron chi connectivity index (χ0n) is 10.6. The first-order valence-electron chi connectivity index (χ1n) is 6.00. The first-order chi connectivity index (χ1) is 10.2. The molecule has 0 aromatic carbocycles. The van der Waals surface area contributed by atoms with Crippen LogP contribution in [0.4, 0.5) is 0 Å². The van der Waals surface area contributed by atoms with Crippen LogP contribution in [-0.4, -0.2) is 41.5 Å². The van der Waals surface area contributed by atoms with Crippen LogP contribution in [0.2, 0.25) is 0 Å². The molecule has 0 aliphatic carbocycles. The molecule has 3 heterocycles. The van der Waals surface area contributed by atoms with E-state index in [4.69, 9.17) is 5.11 Å². The molecular weight excluding hydrogens is 276 g/mol. The average molecular weight is 286 g/mol. The van der Waals surface area contributed by atoms with Gasteiger partial charge in [-0.1, -0.05) is 6.07 Å². The molecule has 106 valence electrons. The van der Waals surface area contributed by atoms with E-state index in [0.717, 1.165) is 6.33 Å². The number of carbonyl (C=O) groups excluding carboxylic acids is 1. The summed E-state index contributed by atoms with van der Waals surface area (Å²) in [6.07, 6.45) is 2.93. The minimum absolute atomic E-state index is 0.107. The number of pyridine rings is 1. The Bertz CT molecular complexity index is 821. The number of hydrogen-bond acceptors (Lipinski definition) is 5. The van der Waals surface area contributed by atoms with Crippen molar-refractivity contribution in [2.24, 2.45) is 0 Å². The molecule has 0 fully saturated rings. The Hall–Kier alpha value is -3.23. The number of carbonyl (C=O) groups is 2. The van der Waals surface area contributed by atoms with E-state index in [1.165, 1.54) is 0 Å². The van der Waals surface area contributed by atoms with Crippen molar-refractivity contribution in [3.05, 3.63) is 47.9 Å². The topological polar surface area (TPSA) is 125 Å². The highest BCUT2D eigenvalue weighted by atomic mass is 16.4. The maximum Gasteiger partial charge on any atom is 0.354 e. The van der Waals surface area contributed by atoms with Crippen molar-refractivity contribution >= 4 is 17.5 Å². The van der Waals surface area contributed by atoms with Crippen LogP contribution in [0.3, 0.4) is 0 Å². The molecule has 0 saturated carbocycles. The smallest absolute Gasteiger partial charge is 0.354 e. The van der Waals surface area contributed by atoms with Crippen LogP contribution in [0, 0.1) is 0 Å². The fraction of sp³-hybridized carbons (Fsp3) is 0.0833. The van der Waals surface area contributed by atoms with Gasteiger partial charge < -0.3 is 15.4 Å². The monoisotopic (exact) mass is 286 g/mol. The van der Waals surface area contributed by atoms with Crippen LogP contribution in [0.1, 0.15) is 26.8 Å². The number of imidazole rings is 1. The van der Waals surface area contributed by atoms with E-state index in [2.05, 4.69) is 25.5 Å². The van der Waals surface area contributed by atoms with E-state index in [1.807, 2.05) is 12.1 Å². The molecule has 0 unspecified atom stereocenters. The average Bonchev–Trinajstić information content (AvgIpc) is 3.12. The minimum atomic E-state index is -1.24. The largest absolute Gasteiger partial charge is 0.477 e. The van der Waals surface area contributed by atoms with Gasteiger partial charge in [-0.25, -0.2) is 9.78 Å². The lowest BCUT2D eigenvalue weighted by molar-refractivity contribution is 0.0685. The number of hydrogen-bond donors (Lipinski definition) is 3. The van der Waals surface area contributed by atoms with Gasteiger partial charge in [0, 0.05) is 6.20 Å². The van der Waals surface area contributed by atoms with Crippen molar-refractivity contribution in [2.45, 2.75) is 6.54 Å². The number of nitrogens with one attached hydrogen (secondary N) is 2. The molecule has 3 aromatic rings. The molecule has 9 nitrogen and oxygen atoms in total. The SMILES string of the molecule is O=C(NCc1nnc2ccccn12)c1nc[nH]c1C(=O)O. The van der Waals surface area contributed by atoms with Gasteiger partial charge in [0.15, 0.2) is 22.9 Å². The van der Waals surface area contributed by atoms with Crippen molar-refractivity contribution in [1.29, 1.82) is 0 Å². The summed E-state index contributed by atoms with van der Waals surface area (Å²) < 4.78 is 1.73. The van der Waals surface area contributed by atoms with Crippen LogP contribution >= 0.6 is 0 Å². The van der Waals surface area contributed by atoms with E-state index in [9.17, 15) is 9.59 Å². The fourth-order valence-corrected chi connectivity index (χ4v) is 1.88. The van der Waals surface area contributed by atoms with Crippen LogP contribution in [0.5, 0.6) is 0 Å². The number of nitrogens with zero attached hydrogens (tertiary/aromatic N) is 4. The summed E-state index contributed by atoms with van der Waals surface area (Å²) >= 11 is 0. The first kappa shape index (κ1) is 12.8. The lowest BCUT2D eigenvalue weighted by atomic mass is 10.3. The normalized spacial score (nSPS) is 10.7. The number of amides is 1. The molecule has 0 radical (unpaired) electrons. The van der Waals surface area contributed by atoms with Crippen LogP contribution in [0.25, 0.3) is 5.65 Å². The highest BCUT2D eigenvalue weighted by Gasteiger charge is 2.19. The van der Waals surface area contributed by atoms with Gasteiger partial charge in [0.05, 0.1) is 12.9 Å². The summed E-state index contributed by atoms with van der Waals surface area (Å²) in [5.41, 5.74) is 0.239. The van der Waals surface area contributed by atoms with E-state index in [-0.39, 0.29) is 17.9 Å². The van der Waals surface area contributed by atoms with Gasteiger partial charge in [-0.3, -0.25) is 9.20 Å². The van der Waals surface area contributed by atoms with E-state index in [1.54, 1.807) is 16.7 Å². The third-order valence-corrected chi connectivity index (χ3v) is 2.86. The van der Waals surface area contributed by atoms with Gasteiger partial charge in [0.1, 0.15) is 0 Å². The van der Waals surface area contributed by atoms with Gasteiger partial charge in [0.25, 0.3) is 5.91 Å². The fourth-order valence-electron chi connectivity index (χ4n) is 1.88. The van der Waals surface area contributed by atoms with E-state index < -0.39 is 11.9 Å². The maximum absolute atomic E-state index is 11.9. The second kappa shape index (κ2) is 5.04. The quantitative estimate of drug-likeness (QED) is 0.623. The van der Waals surface area contributed by atoms with Gasteiger partial charge >= 0.3 is 5.97 Å². The Balaban J connectivity index is 1.77. The number of carboxylic acid groups (broad SMARTS) is 1. The highest BCUT2D eigenvalue weighted by Crippen LogP contribution is 2.05. The van der Waals surface area contributed by atoms with Crippen molar-refractivity contribution in [3.63, 3.8) is 0 Å². The molecule has 0 atom stereocenters. The molecule has 0 aliphatic rings. The zero-order chi connectivity index (χ0) is 14.8. The van der Waals surface area contributed by atoms with Crippen molar-refractivity contribution in [1.82, 2.24) is 29.9 Å². The van der Waals surface area contributed by atoms with Crippen LogP contribution in [-0.2, 0) is 6.54 Å². The molecule has 3 N–H and O–H groups in total.